The van der Waals surface area contributed by atoms with Gasteiger partial charge in [-0.2, -0.15) is 0 Å². The highest BCUT2D eigenvalue weighted by Gasteiger charge is 2.29. The normalized spacial score (nSPS) is 18.5. The van der Waals surface area contributed by atoms with E-state index in [1.807, 2.05) is 60.8 Å². The Balaban J connectivity index is 0.00000176. The van der Waals surface area contributed by atoms with Crippen LogP contribution in [0.15, 0.2) is 71.0 Å². The van der Waals surface area contributed by atoms with Crippen molar-refractivity contribution in [2.75, 3.05) is 50.6 Å². The molecule has 202 valence electrons. The van der Waals surface area contributed by atoms with Crippen LogP contribution in [0.2, 0.25) is 0 Å². The molecule has 3 aliphatic rings. The maximum absolute atomic E-state index is 12.6. The van der Waals surface area contributed by atoms with E-state index in [1.165, 1.54) is 0 Å². The number of methoxy groups -OCH3 is 1. The van der Waals surface area contributed by atoms with E-state index in [2.05, 4.69) is 49.5 Å². The second-order valence-corrected chi connectivity index (χ2v) is 9.52. The number of hydrogen-bond donors (Lipinski definition) is 1. The number of ether oxygens (including phenoxy) is 1. The molecule has 8 nitrogen and oxygen atoms in total. The lowest BCUT2D eigenvalue weighted by Gasteiger charge is -2.33. The summed E-state index contributed by atoms with van der Waals surface area (Å²) < 4.78 is 5.34. The lowest BCUT2D eigenvalue weighted by Crippen LogP contribution is -2.44. The van der Waals surface area contributed by atoms with Crippen LogP contribution in [0.4, 0.5) is 17.2 Å². The molecule has 4 heterocycles. The number of likely N-dealkylation sites (N-methyl/N-ethyl adjacent to an activating group) is 1. The minimum Gasteiger partial charge on any atom is -0.497 e. The SMILES string of the molecule is COc1ccc2c(c1)C(C=c1ccc3c(c1)N=NC=3C=Cc1ccc(N3CCN(C)CC3)nc1)C(=O)N2.Cl.Cl. The van der Waals surface area contributed by atoms with Crippen molar-refractivity contribution >= 4 is 65.8 Å². The minimum atomic E-state index is -0.383. The van der Waals surface area contributed by atoms with Gasteiger partial charge in [0.2, 0.25) is 5.91 Å². The predicted molar refractivity (Wildman–Crippen MR) is 160 cm³/mol. The maximum Gasteiger partial charge on any atom is 0.235 e. The highest BCUT2D eigenvalue weighted by atomic mass is 35.5. The third-order valence-electron chi connectivity index (χ3n) is 7.09. The van der Waals surface area contributed by atoms with Crippen LogP contribution in [-0.2, 0) is 4.79 Å². The summed E-state index contributed by atoms with van der Waals surface area (Å²) in [7, 11) is 3.78. The first-order valence-electron chi connectivity index (χ1n) is 12.4. The molecule has 1 saturated heterocycles. The van der Waals surface area contributed by atoms with E-state index in [0.29, 0.717) is 0 Å². The molecule has 0 spiro atoms. The Bertz CT molecular complexity index is 1550. The fourth-order valence-electron chi connectivity index (χ4n) is 4.88. The molecule has 10 heteroatoms. The smallest absolute Gasteiger partial charge is 0.235 e. The largest absolute Gasteiger partial charge is 0.497 e. The molecule has 39 heavy (non-hydrogen) atoms. The Kier molecular flexibility index (Phi) is 8.70. The Morgan fingerprint density at radius 2 is 1.79 bits per heavy atom. The first kappa shape index (κ1) is 28.3. The summed E-state index contributed by atoms with van der Waals surface area (Å²) in [5.41, 5.74) is 4.34. The molecule has 3 aliphatic heterocycles. The van der Waals surface area contributed by atoms with Gasteiger partial charge in [-0.1, -0.05) is 18.2 Å². The van der Waals surface area contributed by atoms with Crippen molar-refractivity contribution in [3.8, 4) is 5.75 Å². The number of halogens is 2. The standard InChI is InChI=1S/C29H28N6O2.2ClH/c1-34-11-13-35(14-12-34)28-10-5-19(18-30-28)4-8-26-22-7-3-20(16-27(22)33-32-26)15-24-23-17-21(37-2)6-9-25(23)31-29(24)36;;/h3-10,15-18,24H,11-14H2,1-2H3,(H,31,36);2*1H. The van der Waals surface area contributed by atoms with E-state index >= 15 is 0 Å². The molecule has 2 aromatic carbocycles. The topological polar surface area (TPSA) is 82.4 Å². The fourth-order valence-corrected chi connectivity index (χ4v) is 4.88. The molecule has 6 rings (SSSR count). The first-order chi connectivity index (χ1) is 18.1. The van der Waals surface area contributed by atoms with Crippen molar-refractivity contribution in [2.45, 2.75) is 5.92 Å². The van der Waals surface area contributed by atoms with E-state index in [9.17, 15) is 4.79 Å². The molecule has 3 aromatic rings. The molecule has 0 radical (unpaired) electrons. The van der Waals surface area contributed by atoms with Crippen LogP contribution in [0.25, 0.3) is 17.8 Å². The van der Waals surface area contributed by atoms with Gasteiger partial charge < -0.3 is 19.9 Å². The van der Waals surface area contributed by atoms with E-state index in [0.717, 1.165) is 76.4 Å². The Morgan fingerprint density at radius 1 is 0.974 bits per heavy atom. The predicted octanol–water partition coefficient (Wildman–Crippen LogP) is 4.12. The van der Waals surface area contributed by atoms with Crippen molar-refractivity contribution in [3.63, 3.8) is 0 Å². The zero-order valence-electron chi connectivity index (χ0n) is 21.7. The third kappa shape index (κ3) is 5.83. The number of piperazine rings is 1. The molecule has 0 saturated carbocycles. The molecule has 1 unspecified atom stereocenters. The molecule has 1 fully saturated rings. The number of anilines is 2. The summed E-state index contributed by atoms with van der Waals surface area (Å²) in [6.07, 6.45) is 7.84. The van der Waals surface area contributed by atoms with Crippen LogP contribution >= 0.6 is 24.8 Å². The van der Waals surface area contributed by atoms with Crippen molar-refractivity contribution in [3.05, 3.63) is 82.4 Å². The Labute approximate surface area is 239 Å². The summed E-state index contributed by atoms with van der Waals surface area (Å²) >= 11 is 0. The number of hydrogen-bond acceptors (Lipinski definition) is 7. The minimum absolute atomic E-state index is 0. The second kappa shape index (κ2) is 12.0. The zero-order chi connectivity index (χ0) is 25.4. The van der Waals surface area contributed by atoms with Gasteiger partial charge in [0, 0.05) is 43.3 Å². The van der Waals surface area contributed by atoms with Crippen molar-refractivity contribution in [1.29, 1.82) is 0 Å². The molecular formula is C29H30Cl2N6O2. The van der Waals surface area contributed by atoms with Gasteiger partial charge in [0.25, 0.3) is 0 Å². The average Bonchev–Trinajstić information content (AvgIpc) is 3.47. The van der Waals surface area contributed by atoms with Gasteiger partial charge in [-0.15, -0.1) is 35.0 Å². The number of carbonyl (C=O) groups excluding carboxylic acids is 1. The molecule has 1 atom stereocenters. The third-order valence-corrected chi connectivity index (χ3v) is 7.09. The van der Waals surface area contributed by atoms with Crippen LogP contribution in [0.1, 0.15) is 17.0 Å². The number of fused-ring (bicyclic) bond motifs is 2. The molecule has 0 aliphatic carbocycles. The van der Waals surface area contributed by atoms with Crippen LogP contribution in [0.3, 0.4) is 0 Å². The second-order valence-electron chi connectivity index (χ2n) is 9.52. The van der Waals surface area contributed by atoms with Gasteiger partial charge in [0.1, 0.15) is 11.6 Å². The van der Waals surface area contributed by atoms with Gasteiger partial charge in [-0.25, -0.2) is 4.98 Å². The lowest BCUT2D eigenvalue weighted by molar-refractivity contribution is -0.115. The number of pyridine rings is 1. The molecule has 1 N–H and O–H groups in total. The number of nitrogens with zero attached hydrogens (tertiary/aromatic N) is 5. The van der Waals surface area contributed by atoms with Gasteiger partial charge in [0.15, 0.2) is 0 Å². The van der Waals surface area contributed by atoms with Crippen LogP contribution < -0.4 is 25.4 Å². The summed E-state index contributed by atoms with van der Waals surface area (Å²) in [5.74, 6) is 1.31. The Morgan fingerprint density at radius 3 is 2.54 bits per heavy atom. The van der Waals surface area contributed by atoms with Crippen molar-refractivity contribution in [2.24, 2.45) is 10.2 Å². The fraction of sp³-hybridized carbons (Fsp3) is 0.241. The van der Waals surface area contributed by atoms with Crippen molar-refractivity contribution in [1.82, 2.24) is 9.88 Å². The quantitative estimate of drug-likeness (QED) is 0.504. The number of nitrogens with one attached hydrogen (secondary N) is 1. The highest BCUT2D eigenvalue weighted by Crippen LogP contribution is 2.36. The maximum atomic E-state index is 12.6. The van der Waals surface area contributed by atoms with Crippen molar-refractivity contribution < 1.29 is 9.53 Å². The molecule has 1 aromatic heterocycles. The number of aromatic nitrogens is 1. The van der Waals surface area contributed by atoms with Gasteiger partial charge >= 0.3 is 0 Å². The molecule has 0 bridgehead atoms. The number of benzene rings is 2. The van der Waals surface area contributed by atoms with Crippen LogP contribution in [0.5, 0.6) is 5.75 Å². The Hall–Kier alpha value is -3.72. The van der Waals surface area contributed by atoms with E-state index < -0.39 is 0 Å². The molecular weight excluding hydrogens is 535 g/mol. The summed E-state index contributed by atoms with van der Waals surface area (Å²) in [4.78, 5) is 21.9. The zero-order valence-corrected chi connectivity index (χ0v) is 23.3. The number of azo groups is 1. The number of rotatable bonds is 5. The molecule has 1 amide bonds. The number of carbonyl (C=O) groups is 1. The highest BCUT2D eigenvalue weighted by molar-refractivity contribution is 6.06. The summed E-state index contributed by atoms with van der Waals surface area (Å²) in [5, 5.41) is 13.6. The van der Waals surface area contributed by atoms with Gasteiger partial charge in [-0.05, 0) is 71.9 Å². The van der Waals surface area contributed by atoms with Gasteiger partial charge in [-0.3, -0.25) is 4.79 Å². The van der Waals surface area contributed by atoms with E-state index in [-0.39, 0.29) is 36.6 Å². The van der Waals surface area contributed by atoms with Gasteiger partial charge in [0.05, 0.1) is 24.4 Å². The summed E-state index contributed by atoms with van der Waals surface area (Å²) in [6.45, 7) is 4.11. The van der Waals surface area contributed by atoms with E-state index in [4.69, 9.17) is 4.74 Å². The number of amides is 1. The monoisotopic (exact) mass is 564 g/mol. The van der Waals surface area contributed by atoms with E-state index in [1.54, 1.807) is 7.11 Å². The van der Waals surface area contributed by atoms with Crippen LogP contribution in [0, 0.1) is 0 Å². The summed E-state index contributed by atoms with van der Waals surface area (Å²) in [6, 6.07) is 15.8. The lowest BCUT2D eigenvalue weighted by atomic mass is 9.98. The first-order valence-corrected chi connectivity index (χ1v) is 12.4. The average molecular weight is 566 g/mol. The van der Waals surface area contributed by atoms with Crippen LogP contribution in [-0.4, -0.2) is 56.1 Å².